The number of hydrogen-bond donors (Lipinski definition) is 0. The van der Waals surface area contributed by atoms with E-state index < -0.39 is 16.6 Å². The molecule has 1 saturated carbocycles. The van der Waals surface area contributed by atoms with Crippen molar-refractivity contribution in [1.82, 2.24) is 0 Å². The van der Waals surface area contributed by atoms with Gasteiger partial charge < -0.3 is 8.85 Å². The number of allylic oxidation sites excluding steroid dienone is 1. The summed E-state index contributed by atoms with van der Waals surface area (Å²) in [5, 5.41) is 0.305. The third-order valence-electron chi connectivity index (χ3n) is 7.43. The Morgan fingerprint density at radius 1 is 0.889 bits per heavy atom. The molecule has 0 saturated heterocycles. The van der Waals surface area contributed by atoms with Crippen molar-refractivity contribution in [3.05, 3.63) is 11.6 Å². The van der Waals surface area contributed by atoms with Crippen LogP contribution >= 0.6 is 0 Å². The molecule has 0 aromatic heterocycles. The molecule has 0 aliphatic heterocycles. The molecule has 2 rings (SSSR count). The van der Waals surface area contributed by atoms with Gasteiger partial charge in [-0.2, -0.15) is 0 Å². The summed E-state index contributed by atoms with van der Waals surface area (Å²) in [6.07, 6.45) is 5.82. The zero-order chi connectivity index (χ0) is 20.8. The minimum absolute atomic E-state index is 0.0565. The number of rotatable bonds is 4. The number of fused-ring (bicyclic) bond motifs is 1. The highest BCUT2D eigenvalue weighted by Crippen LogP contribution is 2.46. The first kappa shape index (κ1) is 23.0. The molecule has 5 heteroatoms. The first-order chi connectivity index (χ1) is 12.1. The topological polar surface area (TPSA) is 35.5 Å². The molecule has 0 spiro atoms. The summed E-state index contributed by atoms with van der Waals surface area (Å²) in [5.41, 5.74) is 1.23. The zero-order valence-corrected chi connectivity index (χ0v) is 21.4. The van der Waals surface area contributed by atoms with E-state index in [0.717, 1.165) is 19.3 Å². The highest BCUT2D eigenvalue weighted by atomic mass is 28.4. The zero-order valence-electron chi connectivity index (χ0n) is 19.4. The Morgan fingerprint density at radius 2 is 1.41 bits per heavy atom. The highest BCUT2D eigenvalue weighted by Gasteiger charge is 2.48. The van der Waals surface area contributed by atoms with Gasteiger partial charge in [0.25, 0.3) is 0 Å². The van der Waals surface area contributed by atoms with Crippen molar-refractivity contribution in [1.29, 1.82) is 0 Å². The van der Waals surface area contributed by atoms with E-state index in [2.05, 4.69) is 67.7 Å². The minimum atomic E-state index is -1.98. The van der Waals surface area contributed by atoms with Crippen LogP contribution in [0.4, 0.5) is 0 Å². The van der Waals surface area contributed by atoms with E-state index in [4.69, 9.17) is 8.85 Å². The van der Waals surface area contributed by atoms with Gasteiger partial charge in [0.15, 0.2) is 22.4 Å². The summed E-state index contributed by atoms with van der Waals surface area (Å²) < 4.78 is 13.9. The lowest BCUT2D eigenvalue weighted by Gasteiger charge is -2.45. The summed E-state index contributed by atoms with van der Waals surface area (Å²) in [4.78, 5) is 12.2. The predicted molar refractivity (Wildman–Crippen MR) is 119 cm³/mol. The van der Waals surface area contributed by atoms with Crippen molar-refractivity contribution < 1.29 is 13.6 Å². The predicted octanol–water partition coefficient (Wildman–Crippen LogP) is 6.47. The third-order valence-corrected chi connectivity index (χ3v) is 16.4. The lowest BCUT2D eigenvalue weighted by Crippen LogP contribution is -2.52. The lowest BCUT2D eigenvalue weighted by atomic mass is 9.95. The van der Waals surface area contributed by atoms with Crippen molar-refractivity contribution in [2.45, 2.75) is 116 Å². The van der Waals surface area contributed by atoms with E-state index in [1.54, 1.807) is 0 Å². The number of hydrogen-bond acceptors (Lipinski definition) is 3. The van der Waals surface area contributed by atoms with Crippen molar-refractivity contribution in [3.63, 3.8) is 0 Å². The van der Waals surface area contributed by atoms with Crippen molar-refractivity contribution in [2.75, 3.05) is 0 Å². The first-order valence-corrected chi connectivity index (χ1v) is 16.5. The SMILES string of the molecule is CC(C)(C)[Si](C)(C)O[C@H]1CCCC2CC(=O)C=C2[C@@H]1O[Si](C)(C)C(C)(C)C. The second-order valence-electron chi connectivity index (χ2n) is 11.7. The smallest absolute Gasteiger partial charge is 0.193 e. The molecule has 2 aliphatic rings. The summed E-state index contributed by atoms with van der Waals surface area (Å²) in [6, 6.07) is 0. The highest BCUT2D eigenvalue weighted by molar-refractivity contribution is 6.74. The molecule has 3 nitrogen and oxygen atoms in total. The van der Waals surface area contributed by atoms with Crippen molar-refractivity contribution in [3.8, 4) is 0 Å². The van der Waals surface area contributed by atoms with Gasteiger partial charge in [0.2, 0.25) is 0 Å². The maximum Gasteiger partial charge on any atom is 0.193 e. The molecular weight excluding hydrogens is 368 g/mol. The molecular formula is C22H42O3Si2. The van der Waals surface area contributed by atoms with Crippen LogP contribution in [0.25, 0.3) is 0 Å². The molecule has 0 aromatic carbocycles. The maximum absolute atomic E-state index is 12.2. The van der Waals surface area contributed by atoms with Crippen LogP contribution in [0, 0.1) is 5.92 Å². The number of ketones is 1. The Bertz CT molecular complexity index is 594. The van der Waals surface area contributed by atoms with Crippen LogP contribution in [0.3, 0.4) is 0 Å². The maximum atomic E-state index is 12.2. The summed E-state index contributed by atoms with van der Waals surface area (Å²) >= 11 is 0. The van der Waals surface area contributed by atoms with Gasteiger partial charge in [-0.25, -0.2) is 0 Å². The molecule has 3 atom stereocenters. The lowest BCUT2D eigenvalue weighted by molar-refractivity contribution is -0.114. The van der Waals surface area contributed by atoms with Crippen LogP contribution in [0.15, 0.2) is 11.6 Å². The Morgan fingerprint density at radius 3 is 1.93 bits per heavy atom. The second kappa shape index (κ2) is 7.54. The van der Waals surface area contributed by atoms with Crippen LogP contribution in [-0.4, -0.2) is 34.6 Å². The normalized spacial score (nSPS) is 28.0. The van der Waals surface area contributed by atoms with Crippen molar-refractivity contribution >= 4 is 22.4 Å². The van der Waals surface area contributed by atoms with Gasteiger partial charge in [0, 0.05) is 6.42 Å². The average molecular weight is 411 g/mol. The fourth-order valence-electron chi connectivity index (χ4n) is 3.55. The van der Waals surface area contributed by atoms with E-state index in [0.29, 0.717) is 12.3 Å². The quantitative estimate of drug-likeness (QED) is 0.498. The van der Waals surface area contributed by atoms with E-state index in [9.17, 15) is 4.79 Å². The van der Waals surface area contributed by atoms with Gasteiger partial charge >= 0.3 is 0 Å². The van der Waals surface area contributed by atoms with Crippen LogP contribution in [-0.2, 0) is 13.6 Å². The molecule has 0 heterocycles. The third kappa shape index (κ3) is 5.03. The van der Waals surface area contributed by atoms with Crippen LogP contribution in [0.1, 0.15) is 67.2 Å². The molecule has 1 unspecified atom stereocenters. The standard InChI is InChI=1S/C22H42O3Si2/c1-21(2,3)26(7,8)24-19-13-11-12-16-14-17(23)15-18(16)20(19)25-27(9,10)22(4,5)6/h15-16,19-20H,11-14H2,1-10H3/t16?,19-,20-/m0/s1. The van der Waals surface area contributed by atoms with Gasteiger partial charge in [-0.05, 0) is 66.7 Å². The molecule has 0 radical (unpaired) electrons. The Kier molecular flexibility index (Phi) is 6.44. The Labute approximate surface area is 169 Å². The van der Waals surface area contributed by atoms with Gasteiger partial charge in [-0.15, -0.1) is 0 Å². The first-order valence-electron chi connectivity index (χ1n) is 10.7. The fourth-order valence-corrected chi connectivity index (χ4v) is 6.18. The molecule has 2 aliphatic carbocycles. The number of carbonyl (C=O) groups excluding carboxylic acids is 1. The van der Waals surface area contributed by atoms with Crippen LogP contribution in [0.2, 0.25) is 36.3 Å². The average Bonchev–Trinajstić information content (AvgIpc) is 2.75. The van der Waals surface area contributed by atoms with Gasteiger partial charge in [0.05, 0.1) is 12.2 Å². The monoisotopic (exact) mass is 410 g/mol. The molecule has 0 bridgehead atoms. The summed E-state index contributed by atoms with van der Waals surface area (Å²) in [6.45, 7) is 23.0. The second-order valence-corrected chi connectivity index (χ2v) is 21.2. The van der Waals surface area contributed by atoms with E-state index in [-0.39, 0.29) is 28.1 Å². The molecule has 156 valence electrons. The van der Waals surface area contributed by atoms with Crippen molar-refractivity contribution in [2.24, 2.45) is 5.92 Å². The summed E-state index contributed by atoms with van der Waals surface area (Å²) in [5.74, 6) is 0.632. The molecule has 0 amide bonds. The Hall–Kier alpha value is -0.236. The van der Waals surface area contributed by atoms with Gasteiger partial charge in [-0.3, -0.25) is 4.79 Å². The Balaban J connectivity index is 2.40. The van der Waals surface area contributed by atoms with Crippen LogP contribution in [0.5, 0.6) is 0 Å². The molecule has 0 aromatic rings. The van der Waals surface area contributed by atoms with Crippen LogP contribution < -0.4 is 0 Å². The largest absolute Gasteiger partial charge is 0.411 e. The summed E-state index contributed by atoms with van der Waals surface area (Å²) in [7, 11) is -3.89. The molecule has 0 N–H and O–H groups in total. The van der Waals surface area contributed by atoms with E-state index in [1.807, 2.05) is 6.08 Å². The minimum Gasteiger partial charge on any atom is -0.411 e. The van der Waals surface area contributed by atoms with E-state index >= 15 is 0 Å². The van der Waals surface area contributed by atoms with Gasteiger partial charge in [-0.1, -0.05) is 48.0 Å². The number of carbonyl (C=O) groups is 1. The molecule has 27 heavy (non-hydrogen) atoms. The fraction of sp³-hybridized carbons (Fsp3) is 0.864. The van der Waals surface area contributed by atoms with Gasteiger partial charge in [0.1, 0.15) is 0 Å². The molecule has 1 fully saturated rings. The van der Waals surface area contributed by atoms with E-state index in [1.165, 1.54) is 5.57 Å².